The third-order valence-electron chi connectivity index (χ3n) is 3.09. The monoisotopic (exact) mass is 342 g/mol. The number of benzene rings is 1. The number of rotatable bonds is 4. The summed E-state index contributed by atoms with van der Waals surface area (Å²) in [5.74, 6) is 0. The maximum Gasteiger partial charge on any atom is 0.0845 e. The van der Waals surface area contributed by atoms with Crippen LogP contribution in [0.25, 0.3) is 0 Å². The van der Waals surface area contributed by atoms with Crippen LogP contribution in [0.1, 0.15) is 30.0 Å². The van der Waals surface area contributed by atoms with Crippen LogP contribution < -0.4 is 0 Å². The highest BCUT2D eigenvalue weighted by Gasteiger charge is 2.17. The fourth-order valence-corrected chi connectivity index (χ4v) is 2.62. The first kappa shape index (κ1) is 14.6. The van der Waals surface area contributed by atoms with E-state index < -0.39 is 6.10 Å². The average Bonchev–Trinajstić information content (AvgIpc) is 2.67. The molecule has 0 saturated heterocycles. The molecule has 0 radical (unpaired) electrons. The van der Waals surface area contributed by atoms with Gasteiger partial charge in [0, 0.05) is 18.0 Å². The van der Waals surface area contributed by atoms with Gasteiger partial charge in [0.25, 0.3) is 0 Å². The molecule has 0 fully saturated rings. The van der Waals surface area contributed by atoms with E-state index in [1.165, 1.54) is 0 Å². The van der Waals surface area contributed by atoms with Crippen LogP contribution in [0, 0.1) is 6.92 Å². The number of aliphatic hydroxyl groups is 1. The maximum atomic E-state index is 10.3. The highest BCUT2D eigenvalue weighted by Crippen LogP contribution is 2.27. The summed E-state index contributed by atoms with van der Waals surface area (Å²) < 4.78 is 2.89. The van der Waals surface area contributed by atoms with Crippen LogP contribution in [0.3, 0.4) is 0 Å². The van der Waals surface area contributed by atoms with Crippen LogP contribution in [0.2, 0.25) is 5.02 Å². The summed E-state index contributed by atoms with van der Waals surface area (Å²) in [6.45, 7) is 4.78. The van der Waals surface area contributed by atoms with Gasteiger partial charge in [0.15, 0.2) is 0 Å². The molecule has 3 nitrogen and oxygen atoms in total. The van der Waals surface area contributed by atoms with Gasteiger partial charge in [-0.25, -0.2) is 0 Å². The van der Waals surface area contributed by atoms with E-state index in [1.54, 1.807) is 12.1 Å². The van der Waals surface area contributed by atoms with Crippen molar-refractivity contribution < 1.29 is 5.11 Å². The lowest BCUT2D eigenvalue weighted by atomic mass is 10.0. The molecule has 1 aromatic heterocycles. The second kappa shape index (κ2) is 6.07. The molecule has 0 amide bonds. The Hall–Kier alpha value is -0.840. The predicted molar refractivity (Wildman–Crippen MR) is 80.5 cm³/mol. The van der Waals surface area contributed by atoms with E-state index >= 15 is 0 Å². The standard InChI is InChI=1S/C14H16BrClN2O/c1-3-18-12(14(15)9(2)17-18)8-13(19)10-4-6-11(16)7-5-10/h4-7,13,19H,3,8H2,1-2H3. The molecule has 102 valence electrons. The second-order valence-electron chi connectivity index (χ2n) is 4.43. The predicted octanol–water partition coefficient (Wildman–Crippen LogP) is 3.90. The van der Waals surface area contributed by atoms with Gasteiger partial charge in [-0.1, -0.05) is 23.7 Å². The van der Waals surface area contributed by atoms with Crippen molar-refractivity contribution in [3.8, 4) is 0 Å². The van der Waals surface area contributed by atoms with Gasteiger partial charge in [0.1, 0.15) is 0 Å². The molecule has 5 heteroatoms. The minimum atomic E-state index is -0.560. The van der Waals surface area contributed by atoms with Crippen LogP contribution in [-0.4, -0.2) is 14.9 Å². The highest BCUT2D eigenvalue weighted by atomic mass is 79.9. The first-order chi connectivity index (χ1) is 9.02. The molecule has 0 aliphatic heterocycles. The average molecular weight is 344 g/mol. The molecule has 1 heterocycles. The van der Waals surface area contributed by atoms with Gasteiger partial charge in [0.2, 0.25) is 0 Å². The largest absolute Gasteiger partial charge is 0.388 e. The first-order valence-electron chi connectivity index (χ1n) is 6.18. The Labute approximate surface area is 126 Å². The quantitative estimate of drug-likeness (QED) is 0.914. The fourth-order valence-electron chi connectivity index (χ4n) is 2.05. The van der Waals surface area contributed by atoms with Crippen molar-refractivity contribution in [3.05, 3.63) is 50.7 Å². The van der Waals surface area contributed by atoms with E-state index in [2.05, 4.69) is 21.0 Å². The second-order valence-corrected chi connectivity index (χ2v) is 5.66. The van der Waals surface area contributed by atoms with Crippen molar-refractivity contribution in [1.29, 1.82) is 0 Å². The Bertz CT molecular complexity index is 566. The van der Waals surface area contributed by atoms with Gasteiger partial charge in [-0.05, 0) is 47.5 Å². The Morgan fingerprint density at radius 2 is 2.00 bits per heavy atom. The van der Waals surface area contributed by atoms with E-state index in [0.717, 1.165) is 28.0 Å². The normalized spacial score (nSPS) is 12.7. The van der Waals surface area contributed by atoms with Crippen molar-refractivity contribution in [2.75, 3.05) is 0 Å². The van der Waals surface area contributed by atoms with Crippen molar-refractivity contribution in [2.45, 2.75) is 32.9 Å². The summed E-state index contributed by atoms with van der Waals surface area (Å²) in [5, 5.41) is 15.4. The van der Waals surface area contributed by atoms with Crippen LogP contribution in [0.4, 0.5) is 0 Å². The highest BCUT2D eigenvalue weighted by molar-refractivity contribution is 9.10. The number of aromatic nitrogens is 2. The molecule has 0 saturated carbocycles. The van der Waals surface area contributed by atoms with E-state index in [9.17, 15) is 5.11 Å². The number of nitrogens with zero attached hydrogens (tertiary/aromatic N) is 2. The van der Waals surface area contributed by atoms with Crippen LogP contribution in [-0.2, 0) is 13.0 Å². The molecule has 19 heavy (non-hydrogen) atoms. The summed E-state index contributed by atoms with van der Waals surface area (Å²) >= 11 is 9.39. The maximum absolute atomic E-state index is 10.3. The Morgan fingerprint density at radius 1 is 1.37 bits per heavy atom. The van der Waals surface area contributed by atoms with Gasteiger partial charge in [-0.15, -0.1) is 0 Å². The molecule has 2 aromatic rings. The van der Waals surface area contributed by atoms with Crippen LogP contribution in [0.5, 0.6) is 0 Å². The SMILES string of the molecule is CCn1nc(C)c(Br)c1CC(O)c1ccc(Cl)cc1. The molecule has 1 atom stereocenters. The number of aliphatic hydroxyl groups excluding tert-OH is 1. The molecular formula is C14H16BrClN2O. The topological polar surface area (TPSA) is 38.0 Å². The summed E-state index contributed by atoms with van der Waals surface area (Å²) in [6.07, 6.45) is -0.0355. The zero-order chi connectivity index (χ0) is 14.0. The minimum Gasteiger partial charge on any atom is -0.388 e. The Balaban J connectivity index is 2.23. The van der Waals surface area contributed by atoms with Crippen LogP contribution >= 0.6 is 27.5 Å². The van der Waals surface area contributed by atoms with Gasteiger partial charge < -0.3 is 5.11 Å². The van der Waals surface area contributed by atoms with Crippen LogP contribution in [0.15, 0.2) is 28.7 Å². The van der Waals surface area contributed by atoms with Gasteiger partial charge in [-0.2, -0.15) is 5.10 Å². The lowest BCUT2D eigenvalue weighted by Crippen LogP contribution is -2.08. The van der Waals surface area contributed by atoms with Crippen molar-refractivity contribution in [3.63, 3.8) is 0 Å². The fraction of sp³-hybridized carbons (Fsp3) is 0.357. The molecular weight excluding hydrogens is 328 g/mol. The number of aryl methyl sites for hydroxylation is 2. The van der Waals surface area contributed by atoms with Crippen molar-refractivity contribution >= 4 is 27.5 Å². The molecule has 2 rings (SSSR count). The third kappa shape index (κ3) is 3.19. The summed E-state index contributed by atoms with van der Waals surface area (Å²) in [5.41, 5.74) is 2.82. The minimum absolute atomic E-state index is 0.525. The van der Waals surface area contributed by atoms with E-state index in [1.807, 2.05) is 30.7 Å². The Kier molecular flexibility index (Phi) is 4.66. The Morgan fingerprint density at radius 3 is 2.58 bits per heavy atom. The molecule has 0 bridgehead atoms. The van der Waals surface area contributed by atoms with Gasteiger partial charge in [0.05, 0.1) is 22.0 Å². The molecule has 0 aliphatic carbocycles. The molecule has 0 spiro atoms. The third-order valence-corrected chi connectivity index (χ3v) is 4.38. The van der Waals surface area contributed by atoms with E-state index in [-0.39, 0.29) is 0 Å². The molecule has 1 unspecified atom stereocenters. The summed E-state index contributed by atoms with van der Waals surface area (Å²) in [4.78, 5) is 0. The van der Waals surface area contributed by atoms with Crippen molar-refractivity contribution in [2.24, 2.45) is 0 Å². The summed E-state index contributed by atoms with van der Waals surface area (Å²) in [7, 11) is 0. The smallest absolute Gasteiger partial charge is 0.0845 e. The van der Waals surface area contributed by atoms with Gasteiger partial charge in [-0.3, -0.25) is 4.68 Å². The molecule has 1 N–H and O–H groups in total. The van der Waals surface area contributed by atoms with E-state index in [0.29, 0.717) is 11.4 Å². The lowest BCUT2D eigenvalue weighted by Gasteiger charge is -2.12. The zero-order valence-electron chi connectivity index (χ0n) is 10.9. The number of hydrogen-bond acceptors (Lipinski definition) is 2. The molecule has 1 aromatic carbocycles. The zero-order valence-corrected chi connectivity index (χ0v) is 13.2. The van der Waals surface area contributed by atoms with E-state index in [4.69, 9.17) is 11.6 Å². The molecule has 0 aliphatic rings. The number of hydrogen-bond donors (Lipinski definition) is 1. The summed E-state index contributed by atoms with van der Waals surface area (Å²) in [6, 6.07) is 7.27. The van der Waals surface area contributed by atoms with Gasteiger partial charge >= 0.3 is 0 Å². The first-order valence-corrected chi connectivity index (χ1v) is 7.35. The number of halogens is 2. The lowest BCUT2D eigenvalue weighted by molar-refractivity contribution is 0.175. The van der Waals surface area contributed by atoms with Crippen molar-refractivity contribution in [1.82, 2.24) is 9.78 Å².